The molecule has 1 atom stereocenters. The number of hydrogen-bond acceptors (Lipinski definition) is 7. The van der Waals surface area contributed by atoms with Crippen molar-refractivity contribution >= 4 is 57.5 Å². The molecule has 10 nitrogen and oxygen atoms in total. The summed E-state index contributed by atoms with van der Waals surface area (Å²) in [5, 5.41) is 18.4. The molecule has 0 radical (unpaired) electrons. The van der Waals surface area contributed by atoms with Crippen LogP contribution in [0.15, 0.2) is 72.9 Å². The molecule has 3 heterocycles. The van der Waals surface area contributed by atoms with E-state index in [1.165, 1.54) is 0 Å². The number of pyridine rings is 1. The van der Waals surface area contributed by atoms with Crippen LogP contribution in [0.25, 0.3) is 10.8 Å². The Morgan fingerprint density at radius 2 is 1.86 bits per heavy atom. The van der Waals surface area contributed by atoms with Gasteiger partial charge in [0.2, 0.25) is 5.91 Å². The summed E-state index contributed by atoms with van der Waals surface area (Å²) in [5.74, 6) is -2.53. The van der Waals surface area contributed by atoms with Gasteiger partial charge >= 0.3 is 18.2 Å². The molecule has 43 heavy (non-hydrogen) atoms. The number of carbonyl (C=O) groups is 3. The Balaban J connectivity index is 0.000000541. The van der Waals surface area contributed by atoms with Crippen molar-refractivity contribution in [3.8, 4) is 0 Å². The van der Waals surface area contributed by atoms with Gasteiger partial charge in [-0.05, 0) is 64.5 Å². The van der Waals surface area contributed by atoms with Crippen molar-refractivity contribution in [1.29, 1.82) is 0 Å². The molecule has 2 amide bonds. The number of fused-ring (bicyclic) bond motifs is 10. The van der Waals surface area contributed by atoms with Gasteiger partial charge in [-0.3, -0.25) is 10.1 Å². The number of carboxylic acid groups (broad SMARTS) is 1. The smallest absolute Gasteiger partial charge is 0.475 e. The van der Waals surface area contributed by atoms with Gasteiger partial charge in [-0.15, -0.1) is 0 Å². The standard InChI is InChI=1S/C27H24ClN5O3.C2HF3O2/c28-23-14-19-5-4-17(23)9-11-36-27(35)33-20-3-1-2-16(12-20)15-31-26(34)24(19)32-21-6-7-22-18(13-21)8-10-30-25(22)29;3-2(4,5)1(6)7/h1-8,10,12-14,24,32H,9,11,15H2,(H2,29,30)(H,31,34)(H,33,35);(H,6,7). The van der Waals surface area contributed by atoms with E-state index in [1.807, 2.05) is 48.5 Å². The van der Waals surface area contributed by atoms with Crippen molar-refractivity contribution in [2.24, 2.45) is 0 Å². The van der Waals surface area contributed by atoms with Crippen LogP contribution in [0.5, 0.6) is 0 Å². The molecule has 224 valence electrons. The van der Waals surface area contributed by atoms with Crippen LogP contribution in [0.3, 0.4) is 0 Å². The van der Waals surface area contributed by atoms with E-state index < -0.39 is 24.3 Å². The molecule has 0 spiro atoms. The predicted octanol–water partition coefficient (Wildman–Crippen LogP) is 5.68. The summed E-state index contributed by atoms with van der Waals surface area (Å²) >= 11 is 6.56. The van der Waals surface area contributed by atoms with Crippen LogP contribution < -0.4 is 21.7 Å². The number of hydrogen-bond donors (Lipinski definition) is 5. The molecular weight excluding hydrogens is 591 g/mol. The van der Waals surface area contributed by atoms with E-state index in [-0.39, 0.29) is 19.1 Å². The third-order valence-corrected chi connectivity index (χ3v) is 6.62. The molecule has 1 unspecified atom stereocenters. The predicted molar refractivity (Wildman–Crippen MR) is 155 cm³/mol. The fourth-order valence-corrected chi connectivity index (χ4v) is 4.45. The number of carboxylic acids is 1. The van der Waals surface area contributed by atoms with Crippen LogP contribution in [-0.2, 0) is 27.3 Å². The van der Waals surface area contributed by atoms with Crippen LogP contribution in [0.2, 0.25) is 5.02 Å². The number of anilines is 3. The largest absolute Gasteiger partial charge is 0.490 e. The Morgan fingerprint density at radius 3 is 2.58 bits per heavy atom. The minimum Gasteiger partial charge on any atom is -0.475 e. The van der Waals surface area contributed by atoms with Crippen molar-refractivity contribution < 1.29 is 37.4 Å². The Labute approximate surface area is 248 Å². The molecule has 0 saturated carbocycles. The molecule has 0 fully saturated rings. The average Bonchev–Trinajstić information content (AvgIpc) is 2.95. The first-order valence-corrected chi connectivity index (χ1v) is 13.1. The van der Waals surface area contributed by atoms with E-state index in [0.717, 1.165) is 27.6 Å². The van der Waals surface area contributed by atoms with Crippen molar-refractivity contribution in [3.63, 3.8) is 0 Å². The number of halogens is 4. The normalized spacial score (nSPS) is 15.4. The van der Waals surface area contributed by atoms with E-state index in [2.05, 4.69) is 20.9 Å². The monoisotopic (exact) mass is 615 g/mol. The Bertz CT molecular complexity index is 1670. The zero-order chi connectivity index (χ0) is 31.1. The minimum absolute atomic E-state index is 0.168. The summed E-state index contributed by atoms with van der Waals surface area (Å²) < 4.78 is 37.0. The van der Waals surface area contributed by atoms with E-state index in [0.29, 0.717) is 28.5 Å². The Morgan fingerprint density at radius 1 is 1.09 bits per heavy atom. The van der Waals surface area contributed by atoms with Crippen LogP contribution in [0.1, 0.15) is 22.7 Å². The summed E-state index contributed by atoms with van der Waals surface area (Å²) in [6.45, 7) is 0.440. The molecule has 0 saturated heterocycles. The quantitative estimate of drug-likeness (QED) is 0.193. The van der Waals surface area contributed by atoms with E-state index in [1.54, 1.807) is 24.4 Å². The SMILES string of the molecule is Nc1nccc2cc(NC3C(=O)NCc4cccc(c4)NC(=O)OCCc4ccc3cc4Cl)ccc12.O=C(O)C(F)(F)F. The molecule has 6 rings (SSSR count). The summed E-state index contributed by atoms with van der Waals surface area (Å²) in [7, 11) is 0. The third-order valence-electron chi connectivity index (χ3n) is 6.27. The third kappa shape index (κ3) is 8.26. The second-order valence-electron chi connectivity index (χ2n) is 9.29. The molecule has 4 bridgehead atoms. The number of rotatable bonds is 2. The van der Waals surface area contributed by atoms with E-state index in [4.69, 9.17) is 32.0 Å². The maximum Gasteiger partial charge on any atom is 0.490 e. The van der Waals surface area contributed by atoms with Crippen molar-refractivity contribution in [2.45, 2.75) is 25.2 Å². The first kappa shape index (κ1) is 30.9. The first-order valence-electron chi connectivity index (χ1n) is 12.7. The topological polar surface area (TPSA) is 156 Å². The Hall–Kier alpha value is -5.04. The number of benzene rings is 3. The van der Waals surface area contributed by atoms with Gasteiger partial charge in [-0.25, -0.2) is 14.6 Å². The van der Waals surface area contributed by atoms with Crippen molar-refractivity contribution in [2.75, 3.05) is 23.0 Å². The highest BCUT2D eigenvalue weighted by Gasteiger charge is 2.38. The number of nitrogens with two attached hydrogens (primary N) is 1. The number of aliphatic carboxylic acids is 1. The van der Waals surface area contributed by atoms with Crippen LogP contribution >= 0.6 is 11.6 Å². The highest BCUT2D eigenvalue weighted by atomic mass is 35.5. The molecule has 1 aromatic heterocycles. The van der Waals surface area contributed by atoms with Crippen molar-refractivity contribution in [3.05, 3.63) is 94.6 Å². The van der Waals surface area contributed by atoms with Gasteiger partial charge in [-0.2, -0.15) is 13.2 Å². The highest BCUT2D eigenvalue weighted by molar-refractivity contribution is 6.31. The average molecular weight is 616 g/mol. The van der Waals surface area contributed by atoms with Gasteiger partial charge in [-0.1, -0.05) is 35.9 Å². The zero-order valence-electron chi connectivity index (χ0n) is 22.2. The minimum atomic E-state index is -5.08. The fraction of sp³-hybridized carbons (Fsp3) is 0.172. The van der Waals surface area contributed by atoms with Crippen LogP contribution in [-0.4, -0.2) is 40.8 Å². The molecule has 3 aromatic carbocycles. The number of aromatic nitrogens is 1. The fourth-order valence-electron chi connectivity index (χ4n) is 4.16. The van der Waals surface area contributed by atoms with Gasteiger partial charge in [0.05, 0.1) is 6.61 Å². The van der Waals surface area contributed by atoms with Crippen LogP contribution in [0.4, 0.5) is 35.2 Å². The van der Waals surface area contributed by atoms with Gasteiger partial charge in [0, 0.05) is 40.9 Å². The molecule has 4 aromatic rings. The number of amides is 2. The summed E-state index contributed by atoms with van der Waals surface area (Å²) in [5.41, 5.74) is 9.67. The second-order valence-corrected chi connectivity index (χ2v) is 9.70. The lowest BCUT2D eigenvalue weighted by Gasteiger charge is -2.22. The summed E-state index contributed by atoms with van der Waals surface area (Å²) in [6.07, 6.45) is -3.54. The van der Waals surface area contributed by atoms with E-state index >= 15 is 0 Å². The number of alkyl halides is 3. The lowest BCUT2D eigenvalue weighted by Crippen LogP contribution is -2.33. The number of nitrogens with one attached hydrogen (secondary N) is 3. The first-order chi connectivity index (χ1) is 20.4. The lowest BCUT2D eigenvalue weighted by molar-refractivity contribution is -0.192. The molecule has 0 aliphatic carbocycles. The van der Waals surface area contributed by atoms with Gasteiger partial charge < -0.3 is 26.2 Å². The van der Waals surface area contributed by atoms with Crippen molar-refractivity contribution in [1.82, 2.24) is 10.3 Å². The number of carbonyl (C=O) groups excluding carboxylic acids is 2. The summed E-state index contributed by atoms with van der Waals surface area (Å²) in [4.78, 5) is 38.6. The van der Waals surface area contributed by atoms with Gasteiger partial charge in [0.15, 0.2) is 0 Å². The molecular formula is C29H25ClF3N5O5. The van der Waals surface area contributed by atoms with Gasteiger partial charge in [0.1, 0.15) is 11.9 Å². The molecule has 14 heteroatoms. The molecule has 6 N–H and O–H groups in total. The highest BCUT2D eigenvalue weighted by Crippen LogP contribution is 2.29. The maximum absolute atomic E-state index is 13.4. The maximum atomic E-state index is 13.4. The van der Waals surface area contributed by atoms with Gasteiger partial charge in [0.25, 0.3) is 0 Å². The zero-order valence-corrected chi connectivity index (χ0v) is 23.0. The summed E-state index contributed by atoms with van der Waals surface area (Å²) in [6, 6.07) is 19.5. The number of nitrogen functional groups attached to an aromatic ring is 1. The molecule has 2 aliphatic heterocycles. The number of nitrogens with zero attached hydrogens (tertiary/aromatic N) is 1. The van der Waals surface area contributed by atoms with Crippen LogP contribution in [0, 0.1) is 0 Å². The number of ether oxygens (including phenoxy) is 1. The lowest BCUT2D eigenvalue weighted by atomic mass is 10.0. The second kappa shape index (κ2) is 13.3. The Kier molecular flexibility index (Phi) is 9.56. The van der Waals surface area contributed by atoms with E-state index in [9.17, 15) is 22.8 Å². The molecule has 2 aliphatic rings.